The Bertz CT molecular complexity index is 585. The fourth-order valence-corrected chi connectivity index (χ4v) is 2.54. The van der Waals surface area contributed by atoms with Crippen molar-refractivity contribution in [2.45, 2.75) is 24.9 Å². The number of hydrogen-bond donors (Lipinski definition) is 4. The predicted molar refractivity (Wildman–Crippen MR) is 65.4 cm³/mol. The number of nitrogens with two attached hydrogens (primary N) is 1. The highest BCUT2D eigenvalue weighted by molar-refractivity contribution is 7.46. The molecule has 0 saturated carbocycles. The SMILES string of the molecule is Nc1ccn([C@H]2CC(OP(=O)(O)O)[C@@H](CO)O2)c(=O)n1. The molecule has 0 radical (unpaired) electrons. The Morgan fingerprint density at radius 2 is 2.30 bits per heavy atom. The van der Waals surface area contributed by atoms with E-state index in [1.165, 1.54) is 12.3 Å². The fraction of sp³-hybridized carbons (Fsp3) is 0.556. The van der Waals surface area contributed by atoms with Crippen LogP contribution in [0.1, 0.15) is 12.6 Å². The molecule has 0 amide bonds. The zero-order chi connectivity index (χ0) is 14.9. The molecule has 0 aromatic carbocycles. The van der Waals surface area contributed by atoms with E-state index >= 15 is 0 Å². The Hall–Kier alpha value is -1.29. The van der Waals surface area contributed by atoms with Crippen molar-refractivity contribution in [3.8, 4) is 0 Å². The molecule has 5 N–H and O–H groups in total. The highest BCUT2D eigenvalue weighted by Gasteiger charge is 2.40. The van der Waals surface area contributed by atoms with Gasteiger partial charge in [0.15, 0.2) is 0 Å². The van der Waals surface area contributed by atoms with Gasteiger partial charge in [-0.2, -0.15) is 4.98 Å². The van der Waals surface area contributed by atoms with Gasteiger partial charge in [0.2, 0.25) is 0 Å². The monoisotopic (exact) mass is 307 g/mol. The normalized spacial score (nSPS) is 26.9. The summed E-state index contributed by atoms with van der Waals surface area (Å²) >= 11 is 0. The fourth-order valence-electron chi connectivity index (χ4n) is 1.97. The lowest BCUT2D eigenvalue weighted by atomic mass is 10.2. The summed E-state index contributed by atoms with van der Waals surface area (Å²) in [6.07, 6.45) is -1.48. The van der Waals surface area contributed by atoms with Crippen LogP contribution in [0.2, 0.25) is 0 Å². The van der Waals surface area contributed by atoms with Crippen LogP contribution in [0, 0.1) is 0 Å². The van der Waals surface area contributed by atoms with Crippen LogP contribution >= 0.6 is 7.82 Å². The van der Waals surface area contributed by atoms with Gasteiger partial charge in [-0.1, -0.05) is 0 Å². The van der Waals surface area contributed by atoms with Crippen molar-refractivity contribution in [3.05, 3.63) is 22.7 Å². The number of aromatic nitrogens is 2. The molecule has 2 heterocycles. The predicted octanol–water partition coefficient (Wildman–Crippen LogP) is -1.42. The van der Waals surface area contributed by atoms with Crippen LogP contribution in [-0.2, 0) is 13.8 Å². The number of phosphoric ester groups is 1. The summed E-state index contributed by atoms with van der Waals surface area (Å²) in [5.41, 5.74) is 4.69. The molecule has 0 spiro atoms. The first-order chi connectivity index (χ1) is 9.30. The molecule has 10 nitrogen and oxygen atoms in total. The molecule has 1 aromatic rings. The molecule has 1 aromatic heterocycles. The molecule has 1 fully saturated rings. The number of anilines is 1. The average molecular weight is 307 g/mol. The van der Waals surface area contributed by atoms with Crippen LogP contribution in [0.25, 0.3) is 0 Å². The summed E-state index contributed by atoms with van der Waals surface area (Å²) in [6.45, 7) is -0.502. The lowest BCUT2D eigenvalue weighted by Gasteiger charge is -2.16. The summed E-state index contributed by atoms with van der Waals surface area (Å²) < 4.78 is 21.8. The van der Waals surface area contributed by atoms with E-state index in [2.05, 4.69) is 9.51 Å². The maximum atomic E-state index is 11.6. The Kier molecular flexibility index (Phi) is 4.23. The molecule has 2 rings (SSSR count). The third kappa shape index (κ3) is 3.42. The summed E-state index contributed by atoms with van der Waals surface area (Å²) in [4.78, 5) is 32.8. The first-order valence-electron chi connectivity index (χ1n) is 5.65. The van der Waals surface area contributed by atoms with Crippen LogP contribution in [0.5, 0.6) is 0 Å². The zero-order valence-electron chi connectivity index (χ0n) is 10.2. The van der Waals surface area contributed by atoms with E-state index in [4.69, 9.17) is 25.4 Å². The summed E-state index contributed by atoms with van der Waals surface area (Å²) in [7, 11) is -4.72. The number of ether oxygens (including phenoxy) is 1. The minimum Gasteiger partial charge on any atom is -0.394 e. The van der Waals surface area contributed by atoms with E-state index in [1.54, 1.807) is 0 Å². The quantitative estimate of drug-likeness (QED) is 0.490. The Morgan fingerprint density at radius 3 is 2.85 bits per heavy atom. The summed E-state index contributed by atoms with van der Waals surface area (Å²) in [5, 5.41) is 9.13. The second kappa shape index (κ2) is 5.60. The number of hydrogen-bond acceptors (Lipinski definition) is 7. The maximum absolute atomic E-state index is 11.6. The van der Waals surface area contributed by atoms with Gasteiger partial charge in [-0.15, -0.1) is 0 Å². The number of nitrogens with zero attached hydrogens (tertiary/aromatic N) is 2. The first kappa shape index (κ1) is 15.1. The zero-order valence-corrected chi connectivity index (χ0v) is 11.1. The van der Waals surface area contributed by atoms with Gasteiger partial charge in [0.1, 0.15) is 24.3 Å². The van der Waals surface area contributed by atoms with Gasteiger partial charge in [0.25, 0.3) is 0 Å². The van der Waals surface area contributed by atoms with Gasteiger partial charge in [0, 0.05) is 12.6 Å². The molecule has 3 atom stereocenters. The number of aliphatic hydroxyl groups is 1. The molecular weight excluding hydrogens is 293 g/mol. The molecule has 0 bridgehead atoms. The van der Waals surface area contributed by atoms with E-state index in [0.717, 1.165) is 4.57 Å². The van der Waals surface area contributed by atoms with E-state index in [0.29, 0.717) is 0 Å². The van der Waals surface area contributed by atoms with Crippen LogP contribution in [-0.4, -0.2) is 43.3 Å². The molecule has 112 valence electrons. The highest BCUT2D eigenvalue weighted by Crippen LogP contribution is 2.43. The largest absolute Gasteiger partial charge is 0.469 e. The smallest absolute Gasteiger partial charge is 0.394 e. The van der Waals surface area contributed by atoms with Gasteiger partial charge < -0.3 is 25.4 Å². The van der Waals surface area contributed by atoms with E-state index in [-0.39, 0.29) is 12.2 Å². The van der Waals surface area contributed by atoms with Gasteiger partial charge in [-0.05, 0) is 6.07 Å². The second-order valence-electron chi connectivity index (χ2n) is 4.22. The minimum atomic E-state index is -4.72. The Labute approximate surface area is 113 Å². The van der Waals surface area contributed by atoms with Gasteiger partial charge in [-0.3, -0.25) is 9.09 Å². The summed E-state index contributed by atoms with van der Waals surface area (Å²) in [5.74, 6) is 0.0472. The maximum Gasteiger partial charge on any atom is 0.469 e. The van der Waals surface area contributed by atoms with Gasteiger partial charge in [-0.25, -0.2) is 9.36 Å². The molecule has 1 saturated heterocycles. The van der Waals surface area contributed by atoms with Gasteiger partial charge in [0.05, 0.1) is 6.61 Å². The van der Waals surface area contributed by atoms with Crippen molar-refractivity contribution < 1.29 is 28.7 Å². The number of aliphatic hydroxyl groups excluding tert-OH is 1. The third-order valence-electron chi connectivity index (χ3n) is 2.79. The third-order valence-corrected chi connectivity index (χ3v) is 3.34. The average Bonchev–Trinajstić information content (AvgIpc) is 2.69. The minimum absolute atomic E-state index is 0.0121. The molecule has 11 heteroatoms. The molecular formula is C9H14N3O7P. The van der Waals surface area contributed by atoms with Crippen molar-refractivity contribution in [3.63, 3.8) is 0 Å². The van der Waals surface area contributed by atoms with Crippen LogP contribution < -0.4 is 11.4 Å². The lowest BCUT2D eigenvalue weighted by molar-refractivity contribution is -0.0452. The van der Waals surface area contributed by atoms with E-state index < -0.39 is 38.6 Å². The van der Waals surface area contributed by atoms with Crippen molar-refractivity contribution in [1.82, 2.24) is 9.55 Å². The standard InChI is InChI=1S/C9H14N3O7P/c10-7-1-2-12(9(14)11-7)8-3-5(6(4-13)18-8)19-20(15,16)17/h1-2,5-6,8,13H,3-4H2,(H2,10,11,14)(H2,15,16,17)/t5?,6-,8-/m1/s1. The number of phosphoric acid groups is 1. The first-order valence-corrected chi connectivity index (χ1v) is 7.18. The Balaban J connectivity index is 2.20. The van der Waals surface area contributed by atoms with E-state index in [1.807, 2.05) is 0 Å². The topological polar surface area (TPSA) is 157 Å². The highest BCUT2D eigenvalue weighted by atomic mass is 31.2. The molecule has 20 heavy (non-hydrogen) atoms. The summed E-state index contributed by atoms with van der Waals surface area (Å²) in [6, 6.07) is 1.38. The van der Waals surface area contributed by atoms with E-state index in [9.17, 15) is 9.36 Å². The van der Waals surface area contributed by atoms with Gasteiger partial charge >= 0.3 is 13.5 Å². The van der Waals surface area contributed by atoms with Crippen molar-refractivity contribution in [1.29, 1.82) is 0 Å². The molecule has 1 unspecified atom stereocenters. The van der Waals surface area contributed by atoms with Crippen LogP contribution in [0.3, 0.4) is 0 Å². The van der Waals surface area contributed by atoms with Crippen LogP contribution in [0.15, 0.2) is 17.1 Å². The number of rotatable bonds is 4. The van der Waals surface area contributed by atoms with Crippen molar-refractivity contribution >= 4 is 13.6 Å². The number of nitrogen functional groups attached to an aromatic ring is 1. The van der Waals surface area contributed by atoms with Crippen molar-refractivity contribution in [2.75, 3.05) is 12.3 Å². The Morgan fingerprint density at radius 1 is 1.60 bits per heavy atom. The second-order valence-corrected chi connectivity index (χ2v) is 5.42. The lowest BCUT2D eigenvalue weighted by Crippen LogP contribution is -2.28. The van der Waals surface area contributed by atoms with Crippen LogP contribution in [0.4, 0.5) is 5.82 Å². The molecule has 0 aliphatic carbocycles. The molecule has 1 aliphatic rings. The van der Waals surface area contributed by atoms with Crippen molar-refractivity contribution in [2.24, 2.45) is 0 Å². The molecule has 1 aliphatic heterocycles.